The maximum atomic E-state index is 11.4. The van der Waals surface area contributed by atoms with Gasteiger partial charge >= 0.3 is 6.09 Å². The Bertz CT molecular complexity index is 635. The molecule has 2 atom stereocenters. The van der Waals surface area contributed by atoms with E-state index in [2.05, 4.69) is 5.32 Å². The normalized spacial score (nSPS) is 24.5. The largest absolute Gasteiger partial charge is 0.496 e. The SMILES string of the molecule is CNC(=O)Oc1ccc(OC)c2c1C1CC2C2=C1O2. The lowest BCUT2D eigenvalue weighted by atomic mass is 9.95. The van der Waals surface area contributed by atoms with Crippen LogP contribution in [0.4, 0.5) is 4.79 Å². The fraction of sp³-hybridized carbons (Fsp3) is 0.357. The number of amides is 1. The van der Waals surface area contributed by atoms with Crippen molar-refractivity contribution in [1.29, 1.82) is 0 Å². The van der Waals surface area contributed by atoms with Gasteiger partial charge in [0, 0.05) is 18.2 Å². The van der Waals surface area contributed by atoms with E-state index in [1.54, 1.807) is 20.2 Å². The number of nitrogens with one attached hydrogen (secondary N) is 1. The van der Waals surface area contributed by atoms with Gasteiger partial charge in [-0.1, -0.05) is 0 Å². The quantitative estimate of drug-likeness (QED) is 0.884. The summed E-state index contributed by atoms with van der Waals surface area (Å²) < 4.78 is 16.3. The number of benzene rings is 1. The van der Waals surface area contributed by atoms with Gasteiger partial charge in [0.25, 0.3) is 0 Å². The third-order valence-electron chi connectivity index (χ3n) is 4.06. The average Bonchev–Trinajstić information content (AvgIpc) is 3.04. The van der Waals surface area contributed by atoms with Gasteiger partial charge in [-0.3, -0.25) is 0 Å². The van der Waals surface area contributed by atoms with Gasteiger partial charge in [0.1, 0.15) is 11.5 Å². The predicted octanol–water partition coefficient (Wildman–Crippen LogP) is 2.24. The summed E-state index contributed by atoms with van der Waals surface area (Å²) in [7, 11) is 3.20. The fourth-order valence-corrected chi connectivity index (χ4v) is 3.26. The smallest absolute Gasteiger partial charge is 0.412 e. The zero-order valence-corrected chi connectivity index (χ0v) is 10.6. The summed E-state index contributed by atoms with van der Waals surface area (Å²) in [5.74, 6) is 4.10. The summed E-state index contributed by atoms with van der Waals surface area (Å²) >= 11 is 0. The number of methoxy groups -OCH3 is 1. The maximum Gasteiger partial charge on any atom is 0.412 e. The highest BCUT2D eigenvalue weighted by molar-refractivity contribution is 5.73. The molecule has 1 heterocycles. The molecule has 2 aliphatic carbocycles. The molecule has 5 nitrogen and oxygen atoms in total. The van der Waals surface area contributed by atoms with E-state index >= 15 is 0 Å². The van der Waals surface area contributed by atoms with Crippen LogP contribution in [0.2, 0.25) is 0 Å². The van der Waals surface area contributed by atoms with Crippen LogP contribution in [-0.2, 0) is 4.74 Å². The van der Waals surface area contributed by atoms with Gasteiger partial charge in [-0.2, -0.15) is 0 Å². The molecule has 1 amide bonds. The van der Waals surface area contributed by atoms with Crippen LogP contribution >= 0.6 is 0 Å². The first kappa shape index (κ1) is 10.7. The Hall–Kier alpha value is -2.17. The lowest BCUT2D eigenvalue weighted by Crippen LogP contribution is -2.22. The highest BCUT2D eigenvalue weighted by Crippen LogP contribution is 2.67. The van der Waals surface area contributed by atoms with Crippen LogP contribution in [0.1, 0.15) is 29.4 Å². The third kappa shape index (κ3) is 1.27. The van der Waals surface area contributed by atoms with Crippen molar-refractivity contribution in [2.24, 2.45) is 0 Å². The molecule has 4 rings (SSSR count). The second-order valence-corrected chi connectivity index (χ2v) is 4.90. The molecule has 2 bridgehead atoms. The van der Waals surface area contributed by atoms with Gasteiger partial charge in [-0.15, -0.1) is 0 Å². The molecule has 0 fully saturated rings. The summed E-state index contributed by atoms with van der Waals surface area (Å²) in [5.41, 5.74) is 2.16. The van der Waals surface area contributed by atoms with Gasteiger partial charge in [0.15, 0.2) is 11.5 Å². The van der Waals surface area contributed by atoms with Crippen molar-refractivity contribution in [3.8, 4) is 11.5 Å². The molecular weight excluding hydrogens is 246 g/mol. The molecule has 1 aliphatic heterocycles. The lowest BCUT2D eigenvalue weighted by molar-refractivity contribution is 0.202. The average molecular weight is 259 g/mol. The van der Waals surface area contributed by atoms with E-state index < -0.39 is 6.09 Å². The molecule has 0 radical (unpaired) electrons. The number of fused-ring (bicyclic) bond motifs is 7. The van der Waals surface area contributed by atoms with E-state index in [1.807, 2.05) is 6.07 Å². The van der Waals surface area contributed by atoms with Gasteiger partial charge in [0.05, 0.1) is 18.9 Å². The van der Waals surface area contributed by atoms with Crippen molar-refractivity contribution in [2.45, 2.75) is 18.3 Å². The van der Waals surface area contributed by atoms with Crippen molar-refractivity contribution in [3.63, 3.8) is 0 Å². The van der Waals surface area contributed by atoms with Gasteiger partial charge < -0.3 is 19.5 Å². The summed E-state index contributed by atoms with van der Waals surface area (Å²) in [4.78, 5) is 11.4. The van der Waals surface area contributed by atoms with E-state index in [4.69, 9.17) is 14.2 Å². The summed E-state index contributed by atoms with van der Waals surface area (Å²) in [6, 6.07) is 3.64. The monoisotopic (exact) mass is 259 g/mol. The minimum Gasteiger partial charge on any atom is -0.496 e. The molecule has 0 saturated carbocycles. The fourth-order valence-electron chi connectivity index (χ4n) is 3.26. The molecular formula is C14H13NO4. The van der Waals surface area contributed by atoms with E-state index in [-0.39, 0.29) is 11.8 Å². The van der Waals surface area contributed by atoms with Gasteiger partial charge in [-0.05, 0) is 18.6 Å². The number of rotatable bonds is 2. The zero-order chi connectivity index (χ0) is 13.1. The van der Waals surface area contributed by atoms with Gasteiger partial charge in [0.2, 0.25) is 0 Å². The summed E-state index contributed by atoms with van der Waals surface area (Å²) in [6.45, 7) is 0. The minimum atomic E-state index is -0.457. The highest BCUT2D eigenvalue weighted by Gasteiger charge is 2.56. The Labute approximate surface area is 110 Å². The second kappa shape index (κ2) is 3.44. The lowest BCUT2D eigenvalue weighted by Gasteiger charge is -2.16. The van der Waals surface area contributed by atoms with Crippen molar-refractivity contribution in [2.75, 3.05) is 14.2 Å². The van der Waals surface area contributed by atoms with E-state index in [1.165, 1.54) is 0 Å². The summed E-state index contributed by atoms with van der Waals surface area (Å²) in [6.07, 6.45) is 0.547. The Morgan fingerprint density at radius 3 is 2.53 bits per heavy atom. The second-order valence-electron chi connectivity index (χ2n) is 4.90. The highest BCUT2D eigenvalue weighted by atomic mass is 16.6. The van der Waals surface area contributed by atoms with E-state index in [0.29, 0.717) is 5.75 Å². The van der Waals surface area contributed by atoms with Crippen LogP contribution < -0.4 is 14.8 Å². The number of allylic oxidation sites excluding steroid dienone is 2. The van der Waals surface area contributed by atoms with Crippen molar-refractivity contribution in [1.82, 2.24) is 5.32 Å². The Kier molecular flexibility index (Phi) is 1.94. The number of hydrogen-bond acceptors (Lipinski definition) is 4. The first-order valence-corrected chi connectivity index (χ1v) is 6.26. The van der Waals surface area contributed by atoms with Crippen LogP contribution in [0.25, 0.3) is 0 Å². The molecule has 0 spiro atoms. The molecule has 19 heavy (non-hydrogen) atoms. The van der Waals surface area contributed by atoms with Crippen LogP contribution in [0.3, 0.4) is 0 Å². The van der Waals surface area contributed by atoms with Crippen molar-refractivity contribution in [3.05, 3.63) is 34.8 Å². The molecule has 0 saturated heterocycles. The van der Waals surface area contributed by atoms with E-state index in [9.17, 15) is 4.79 Å². The standard InChI is InChI=1S/C14H13NO4/c1-15-14(16)18-9-4-3-8(17-2)10-6-5-7(11(9)10)13-12(6)19-13/h3-4,6-7H,5H2,1-2H3,(H,15,16). The predicted molar refractivity (Wildman–Crippen MR) is 66.3 cm³/mol. The zero-order valence-electron chi connectivity index (χ0n) is 10.6. The van der Waals surface area contributed by atoms with Crippen LogP contribution in [-0.4, -0.2) is 20.3 Å². The first-order valence-electron chi connectivity index (χ1n) is 6.26. The number of ether oxygens (including phenoxy) is 3. The number of hydrogen-bond donors (Lipinski definition) is 1. The molecule has 98 valence electrons. The van der Waals surface area contributed by atoms with Crippen molar-refractivity contribution < 1.29 is 19.0 Å². The maximum absolute atomic E-state index is 11.4. The van der Waals surface area contributed by atoms with E-state index in [0.717, 1.165) is 34.8 Å². The molecule has 2 unspecified atom stereocenters. The minimum absolute atomic E-state index is 0.227. The Morgan fingerprint density at radius 1 is 1.26 bits per heavy atom. The molecule has 0 aromatic heterocycles. The molecule has 1 N–H and O–H groups in total. The first-order chi connectivity index (χ1) is 9.24. The Balaban J connectivity index is 1.83. The molecule has 1 aromatic carbocycles. The summed E-state index contributed by atoms with van der Waals surface area (Å²) in [5, 5.41) is 2.46. The molecule has 1 aromatic rings. The van der Waals surface area contributed by atoms with Crippen LogP contribution in [0, 0.1) is 0 Å². The van der Waals surface area contributed by atoms with Crippen LogP contribution in [0.15, 0.2) is 23.7 Å². The number of carbonyl (C=O) groups is 1. The van der Waals surface area contributed by atoms with Crippen molar-refractivity contribution >= 4 is 6.09 Å². The third-order valence-corrected chi connectivity index (χ3v) is 4.06. The molecule has 3 aliphatic rings. The Morgan fingerprint density at radius 2 is 1.89 bits per heavy atom. The van der Waals surface area contributed by atoms with Crippen LogP contribution in [0.5, 0.6) is 11.5 Å². The topological polar surface area (TPSA) is 60.1 Å². The van der Waals surface area contributed by atoms with Gasteiger partial charge in [-0.25, -0.2) is 4.79 Å². The number of carbonyl (C=O) groups excluding carboxylic acids is 1. The molecule has 5 heteroatoms.